The number of fused-ring (bicyclic) bond motifs is 2. The average molecular weight is 383 g/mol. The summed E-state index contributed by atoms with van der Waals surface area (Å²) in [6.45, 7) is 3.61. The number of sulfonamides is 1. The zero-order valence-electron chi connectivity index (χ0n) is 14.9. The van der Waals surface area contributed by atoms with Crippen molar-refractivity contribution in [2.45, 2.75) is 26.1 Å². The average Bonchev–Trinajstić information content (AvgIpc) is 2.59. The lowest BCUT2D eigenvalue weighted by Crippen LogP contribution is -2.41. The third-order valence-corrected chi connectivity index (χ3v) is 6.55. The fraction of sp³-hybridized carbons (Fsp3) is 0.200. The van der Waals surface area contributed by atoms with Crippen molar-refractivity contribution in [3.05, 3.63) is 80.7 Å². The van der Waals surface area contributed by atoms with E-state index >= 15 is 0 Å². The van der Waals surface area contributed by atoms with Gasteiger partial charge in [0.05, 0.1) is 12.3 Å². The number of benzene rings is 2. The van der Waals surface area contributed by atoms with Crippen LogP contribution in [0.5, 0.6) is 0 Å². The Hall–Kier alpha value is -2.93. The molecule has 3 aromatic rings. The number of carbonyl (C=O) groups excluding carboxylic acids is 1. The first-order chi connectivity index (χ1) is 12.8. The fourth-order valence-corrected chi connectivity index (χ4v) is 4.82. The molecule has 0 atom stereocenters. The summed E-state index contributed by atoms with van der Waals surface area (Å²) >= 11 is 0. The Morgan fingerprint density at radius 2 is 1.74 bits per heavy atom. The van der Waals surface area contributed by atoms with E-state index in [2.05, 4.69) is 0 Å². The number of hydrogen-bond acceptors (Lipinski definition) is 5. The Morgan fingerprint density at radius 1 is 1.04 bits per heavy atom. The molecule has 0 radical (unpaired) electrons. The molecule has 0 N–H and O–H groups in total. The third-order valence-electron chi connectivity index (χ3n) is 4.91. The van der Waals surface area contributed by atoms with E-state index in [1.54, 1.807) is 30.3 Å². The molecule has 2 heterocycles. The predicted octanol–water partition coefficient (Wildman–Crippen LogP) is 2.90. The van der Waals surface area contributed by atoms with Gasteiger partial charge in [0.15, 0.2) is 0 Å². The molecule has 27 heavy (non-hydrogen) atoms. The second-order valence-corrected chi connectivity index (χ2v) is 8.64. The van der Waals surface area contributed by atoms with Gasteiger partial charge in [-0.2, -0.15) is 0 Å². The van der Waals surface area contributed by atoms with Gasteiger partial charge in [0.2, 0.25) is 10.0 Å². The van der Waals surface area contributed by atoms with E-state index in [0.29, 0.717) is 27.7 Å². The third kappa shape index (κ3) is 2.94. The van der Waals surface area contributed by atoms with Crippen molar-refractivity contribution in [1.82, 2.24) is 4.31 Å². The van der Waals surface area contributed by atoms with Gasteiger partial charge in [-0.25, -0.2) is 17.5 Å². The Labute approximate surface area is 156 Å². The van der Waals surface area contributed by atoms with Crippen molar-refractivity contribution < 1.29 is 17.6 Å². The molecule has 138 valence electrons. The van der Waals surface area contributed by atoms with Crippen LogP contribution in [0.25, 0.3) is 11.0 Å². The summed E-state index contributed by atoms with van der Waals surface area (Å²) in [6.07, 6.45) is 0. The van der Waals surface area contributed by atoms with Crippen molar-refractivity contribution in [2.75, 3.05) is 0 Å². The molecule has 1 aliphatic rings. The smallest absolute Gasteiger partial charge is 0.336 e. The molecular weight excluding hydrogens is 366 g/mol. The topological polar surface area (TPSA) is 84.7 Å². The normalized spacial score (nSPS) is 15.8. The van der Waals surface area contributed by atoms with E-state index in [0.717, 1.165) is 15.4 Å². The molecule has 7 heteroatoms. The van der Waals surface area contributed by atoms with E-state index in [4.69, 9.17) is 4.42 Å². The van der Waals surface area contributed by atoms with Crippen molar-refractivity contribution in [2.24, 2.45) is 0 Å². The van der Waals surface area contributed by atoms with Crippen LogP contribution in [0.1, 0.15) is 32.6 Å². The lowest BCUT2D eigenvalue weighted by atomic mass is 10.0. The highest BCUT2D eigenvalue weighted by Crippen LogP contribution is 2.28. The lowest BCUT2D eigenvalue weighted by molar-refractivity contribution is 0.0849. The zero-order valence-corrected chi connectivity index (χ0v) is 15.7. The highest BCUT2D eigenvalue weighted by molar-refractivity contribution is 7.89. The molecule has 1 aliphatic heterocycles. The molecule has 0 bridgehead atoms. The van der Waals surface area contributed by atoms with Crippen molar-refractivity contribution in [1.29, 1.82) is 0 Å². The number of hydrogen-bond donors (Lipinski definition) is 0. The quantitative estimate of drug-likeness (QED) is 0.635. The molecule has 0 fully saturated rings. The number of nitrogens with zero attached hydrogens (tertiary/aromatic N) is 1. The van der Waals surface area contributed by atoms with Crippen LogP contribution in [0, 0.1) is 13.8 Å². The second-order valence-electron chi connectivity index (χ2n) is 6.75. The maximum atomic E-state index is 12.8. The van der Waals surface area contributed by atoms with E-state index < -0.39 is 21.6 Å². The highest BCUT2D eigenvalue weighted by Gasteiger charge is 2.36. The Morgan fingerprint density at radius 3 is 2.52 bits per heavy atom. The van der Waals surface area contributed by atoms with Gasteiger partial charge < -0.3 is 4.42 Å². The van der Waals surface area contributed by atoms with Crippen LogP contribution in [0.3, 0.4) is 0 Å². The molecule has 1 amide bonds. The molecule has 4 rings (SSSR count). The SMILES string of the molecule is Cc1cc2oc(=O)cc(CN3C(=O)c4ccccc4CS3(=O)=O)c2cc1C. The summed E-state index contributed by atoms with van der Waals surface area (Å²) in [5, 5.41) is 0.625. The Balaban J connectivity index is 1.86. The minimum atomic E-state index is -3.83. The molecule has 1 aromatic heterocycles. The van der Waals surface area contributed by atoms with Crippen LogP contribution in [0.2, 0.25) is 0 Å². The van der Waals surface area contributed by atoms with Gasteiger partial charge in [0.25, 0.3) is 5.91 Å². The molecule has 0 unspecified atom stereocenters. The summed E-state index contributed by atoms with van der Waals surface area (Å²) in [5.74, 6) is -0.825. The first-order valence-electron chi connectivity index (χ1n) is 8.43. The van der Waals surface area contributed by atoms with Crippen molar-refractivity contribution in [3.8, 4) is 0 Å². The van der Waals surface area contributed by atoms with Crippen LogP contribution in [-0.2, 0) is 22.3 Å². The first-order valence-corrected chi connectivity index (χ1v) is 10.0. The van der Waals surface area contributed by atoms with Crippen LogP contribution in [0.4, 0.5) is 0 Å². The maximum absolute atomic E-state index is 12.8. The second kappa shape index (κ2) is 6.06. The predicted molar refractivity (Wildman–Crippen MR) is 101 cm³/mol. The zero-order chi connectivity index (χ0) is 19.3. The summed E-state index contributed by atoms with van der Waals surface area (Å²) in [4.78, 5) is 24.8. The fourth-order valence-electron chi connectivity index (χ4n) is 3.33. The van der Waals surface area contributed by atoms with Crippen LogP contribution >= 0.6 is 0 Å². The molecule has 0 saturated carbocycles. The van der Waals surface area contributed by atoms with Crippen LogP contribution in [-0.4, -0.2) is 18.6 Å². The molecule has 0 aliphatic carbocycles. The number of rotatable bonds is 2. The monoisotopic (exact) mass is 383 g/mol. The molecule has 0 spiro atoms. The summed E-state index contributed by atoms with van der Waals surface area (Å²) < 4.78 is 31.5. The van der Waals surface area contributed by atoms with Gasteiger partial charge in [-0.1, -0.05) is 18.2 Å². The van der Waals surface area contributed by atoms with Gasteiger partial charge in [0, 0.05) is 17.0 Å². The summed E-state index contributed by atoms with van der Waals surface area (Å²) in [6, 6.07) is 11.5. The van der Waals surface area contributed by atoms with Gasteiger partial charge >= 0.3 is 5.63 Å². The van der Waals surface area contributed by atoms with Gasteiger partial charge in [-0.3, -0.25) is 4.79 Å². The van der Waals surface area contributed by atoms with E-state index in [1.165, 1.54) is 6.07 Å². The Bertz CT molecular complexity index is 1260. The minimum Gasteiger partial charge on any atom is -0.423 e. The number of aryl methyl sites for hydroxylation is 2. The van der Waals surface area contributed by atoms with Crippen molar-refractivity contribution >= 4 is 26.9 Å². The molecular formula is C20H17NO5S. The molecule has 0 saturated heterocycles. The van der Waals surface area contributed by atoms with E-state index in [1.807, 2.05) is 19.9 Å². The van der Waals surface area contributed by atoms with Gasteiger partial charge in [-0.15, -0.1) is 0 Å². The van der Waals surface area contributed by atoms with E-state index in [-0.39, 0.29) is 12.3 Å². The minimum absolute atomic E-state index is 0.208. The standard InChI is InChI=1S/C20H17NO5S/c1-12-7-17-15(9-19(22)26-18(17)8-13(12)2)10-21-20(23)16-6-4-3-5-14(16)11-27(21,24)25/h3-9H,10-11H2,1-2H3. The number of amides is 1. The molecule has 2 aromatic carbocycles. The first kappa shape index (κ1) is 17.5. The van der Waals surface area contributed by atoms with Gasteiger partial charge in [0.1, 0.15) is 5.58 Å². The van der Waals surface area contributed by atoms with E-state index in [9.17, 15) is 18.0 Å². The van der Waals surface area contributed by atoms with Gasteiger partial charge in [-0.05, 0) is 54.3 Å². The summed E-state index contributed by atoms with van der Waals surface area (Å²) in [5.41, 5.74) is 3.04. The largest absolute Gasteiger partial charge is 0.423 e. The molecule has 6 nitrogen and oxygen atoms in total. The summed E-state index contributed by atoms with van der Waals surface area (Å²) in [7, 11) is -3.83. The Kier molecular flexibility index (Phi) is 3.92. The maximum Gasteiger partial charge on any atom is 0.336 e. The van der Waals surface area contributed by atoms with Crippen molar-refractivity contribution in [3.63, 3.8) is 0 Å². The highest BCUT2D eigenvalue weighted by atomic mass is 32.2. The number of carbonyl (C=O) groups is 1. The van der Waals surface area contributed by atoms with Crippen LogP contribution < -0.4 is 5.63 Å². The van der Waals surface area contributed by atoms with Crippen LogP contribution in [0.15, 0.2) is 51.7 Å². The lowest BCUT2D eigenvalue weighted by Gasteiger charge is -2.28.